The third-order valence-corrected chi connectivity index (χ3v) is 4.16. The first-order chi connectivity index (χ1) is 10.2. The predicted molar refractivity (Wildman–Crippen MR) is 84.8 cm³/mol. The second-order valence-electron chi connectivity index (χ2n) is 4.66. The molecular formula is C17H14FNOS. The number of halogens is 1. The lowest BCUT2D eigenvalue weighted by Crippen LogP contribution is -1.98. The van der Waals surface area contributed by atoms with E-state index in [4.69, 9.17) is 0 Å². The molecule has 1 heterocycles. The number of aromatic nitrogens is 1. The lowest BCUT2D eigenvalue weighted by molar-refractivity contribution is 0.279. The van der Waals surface area contributed by atoms with Gasteiger partial charge < -0.3 is 5.11 Å². The number of aliphatic hydroxyl groups is 1. The van der Waals surface area contributed by atoms with Gasteiger partial charge in [0.05, 0.1) is 12.1 Å². The number of aliphatic hydroxyl groups excluding tert-OH is 1. The van der Waals surface area contributed by atoms with Crippen molar-refractivity contribution in [3.8, 4) is 11.1 Å². The molecule has 0 fully saturated rings. The van der Waals surface area contributed by atoms with Gasteiger partial charge in [-0.05, 0) is 35.6 Å². The molecule has 3 aromatic rings. The van der Waals surface area contributed by atoms with Crippen LogP contribution >= 0.6 is 11.8 Å². The fourth-order valence-electron chi connectivity index (χ4n) is 2.49. The van der Waals surface area contributed by atoms with Gasteiger partial charge in [-0.15, -0.1) is 11.8 Å². The molecule has 4 heteroatoms. The summed E-state index contributed by atoms with van der Waals surface area (Å²) in [7, 11) is 0. The molecule has 0 aliphatic rings. The monoisotopic (exact) mass is 299 g/mol. The summed E-state index contributed by atoms with van der Waals surface area (Å²) >= 11 is 1.50. The first-order valence-electron chi connectivity index (χ1n) is 6.57. The summed E-state index contributed by atoms with van der Waals surface area (Å²) in [6.45, 7) is -0.0965. The maximum Gasteiger partial charge on any atom is 0.123 e. The molecule has 1 aromatic heterocycles. The fraction of sp³-hybridized carbons (Fsp3) is 0.118. The second kappa shape index (κ2) is 5.84. The Hall–Kier alpha value is -1.91. The van der Waals surface area contributed by atoms with E-state index in [0.29, 0.717) is 0 Å². The zero-order chi connectivity index (χ0) is 14.8. The van der Waals surface area contributed by atoms with Gasteiger partial charge in [0.25, 0.3) is 0 Å². The first kappa shape index (κ1) is 14.0. The van der Waals surface area contributed by atoms with Crippen molar-refractivity contribution in [2.24, 2.45) is 0 Å². The Morgan fingerprint density at radius 2 is 1.81 bits per heavy atom. The molecule has 0 aliphatic heterocycles. The zero-order valence-electron chi connectivity index (χ0n) is 11.5. The number of hydrogen-bond acceptors (Lipinski definition) is 3. The van der Waals surface area contributed by atoms with Crippen molar-refractivity contribution < 1.29 is 9.50 Å². The van der Waals surface area contributed by atoms with E-state index in [2.05, 4.69) is 4.98 Å². The highest BCUT2D eigenvalue weighted by Crippen LogP contribution is 2.36. The van der Waals surface area contributed by atoms with Crippen molar-refractivity contribution in [3.05, 3.63) is 59.9 Å². The highest BCUT2D eigenvalue weighted by Gasteiger charge is 2.15. The van der Waals surface area contributed by atoms with E-state index in [1.54, 1.807) is 12.1 Å². The average Bonchev–Trinajstić information content (AvgIpc) is 2.53. The van der Waals surface area contributed by atoms with E-state index in [1.165, 1.54) is 23.9 Å². The van der Waals surface area contributed by atoms with Crippen LogP contribution in [0.5, 0.6) is 0 Å². The molecule has 0 unspecified atom stereocenters. The van der Waals surface area contributed by atoms with E-state index >= 15 is 0 Å². The zero-order valence-corrected chi connectivity index (χ0v) is 12.3. The number of thioether (sulfide) groups is 1. The molecule has 0 saturated carbocycles. The normalized spacial score (nSPS) is 11.0. The predicted octanol–water partition coefficient (Wildman–Crippen LogP) is 4.26. The number of para-hydroxylation sites is 1. The maximum absolute atomic E-state index is 13.2. The third-order valence-electron chi connectivity index (χ3n) is 3.44. The van der Waals surface area contributed by atoms with E-state index in [0.717, 1.165) is 32.6 Å². The lowest BCUT2D eigenvalue weighted by Gasteiger charge is -2.15. The molecule has 3 rings (SSSR count). The Morgan fingerprint density at radius 3 is 2.48 bits per heavy atom. The van der Waals surface area contributed by atoms with Crippen molar-refractivity contribution >= 4 is 22.7 Å². The van der Waals surface area contributed by atoms with Gasteiger partial charge >= 0.3 is 0 Å². The van der Waals surface area contributed by atoms with Crippen molar-refractivity contribution in [2.75, 3.05) is 6.26 Å². The summed E-state index contributed by atoms with van der Waals surface area (Å²) in [4.78, 5) is 4.60. The minimum Gasteiger partial charge on any atom is -0.392 e. The third kappa shape index (κ3) is 2.52. The Morgan fingerprint density at radius 1 is 1.10 bits per heavy atom. The van der Waals surface area contributed by atoms with Crippen LogP contribution in [-0.2, 0) is 6.61 Å². The highest BCUT2D eigenvalue weighted by molar-refractivity contribution is 7.98. The topological polar surface area (TPSA) is 33.1 Å². The molecule has 0 aliphatic carbocycles. The van der Waals surface area contributed by atoms with Crippen molar-refractivity contribution in [1.29, 1.82) is 0 Å². The van der Waals surface area contributed by atoms with Crippen LogP contribution in [0, 0.1) is 5.82 Å². The molecule has 0 bridgehead atoms. The number of fused-ring (bicyclic) bond motifs is 1. The SMILES string of the molecule is CSc1nc2ccccc2c(-c2ccc(F)cc2)c1CO. The van der Waals surface area contributed by atoms with Gasteiger partial charge in [-0.25, -0.2) is 9.37 Å². The molecule has 1 N–H and O–H groups in total. The smallest absolute Gasteiger partial charge is 0.123 e. The van der Waals surface area contributed by atoms with Crippen LogP contribution in [0.3, 0.4) is 0 Å². The van der Waals surface area contributed by atoms with Crippen LogP contribution in [0.15, 0.2) is 53.6 Å². The molecule has 2 aromatic carbocycles. The molecule has 0 spiro atoms. The van der Waals surface area contributed by atoms with Crippen LogP contribution in [0.2, 0.25) is 0 Å². The van der Waals surface area contributed by atoms with Crippen LogP contribution < -0.4 is 0 Å². The second-order valence-corrected chi connectivity index (χ2v) is 5.45. The van der Waals surface area contributed by atoms with Crippen LogP contribution in [0.25, 0.3) is 22.0 Å². The fourth-order valence-corrected chi connectivity index (χ4v) is 3.09. The van der Waals surface area contributed by atoms with E-state index in [1.807, 2.05) is 30.5 Å². The van der Waals surface area contributed by atoms with Gasteiger partial charge in [-0.2, -0.15) is 0 Å². The highest BCUT2D eigenvalue weighted by atomic mass is 32.2. The molecule has 0 atom stereocenters. The number of hydrogen-bond donors (Lipinski definition) is 1. The van der Waals surface area contributed by atoms with Crippen molar-refractivity contribution in [3.63, 3.8) is 0 Å². The minimum absolute atomic E-state index is 0.0965. The van der Waals surface area contributed by atoms with Crippen molar-refractivity contribution in [2.45, 2.75) is 11.6 Å². The van der Waals surface area contributed by atoms with E-state index in [9.17, 15) is 9.50 Å². The van der Waals surface area contributed by atoms with Gasteiger partial charge in [0, 0.05) is 10.9 Å². The Labute approximate surface area is 126 Å². The Bertz CT molecular complexity index is 787. The molecule has 21 heavy (non-hydrogen) atoms. The van der Waals surface area contributed by atoms with Crippen molar-refractivity contribution in [1.82, 2.24) is 4.98 Å². The molecule has 2 nitrogen and oxygen atoms in total. The van der Waals surface area contributed by atoms with Crippen LogP contribution in [-0.4, -0.2) is 16.3 Å². The lowest BCUT2D eigenvalue weighted by atomic mass is 9.96. The molecular weight excluding hydrogens is 285 g/mol. The van der Waals surface area contributed by atoms with E-state index < -0.39 is 0 Å². The number of benzene rings is 2. The number of rotatable bonds is 3. The molecule has 106 valence electrons. The summed E-state index contributed by atoms with van der Waals surface area (Å²) in [6.07, 6.45) is 1.94. The quantitative estimate of drug-likeness (QED) is 0.734. The average molecular weight is 299 g/mol. The van der Waals surface area contributed by atoms with Gasteiger partial charge in [0.2, 0.25) is 0 Å². The van der Waals surface area contributed by atoms with Gasteiger partial charge in [-0.3, -0.25) is 0 Å². The minimum atomic E-state index is -0.271. The van der Waals surface area contributed by atoms with Gasteiger partial charge in [-0.1, -0.05) is 30.3 Å². The van der Waals surface area contributed by atoms with E-state index in [-0.39, 0.29) is 12.4 Å². The van der Waals surface area contributed by atoms with Gasteiger partial charge in [0.15, 0.2) is 0 Å². The maximum atomic E-state index is 13.2. The molecule has 0 radical (unpaired) electrons. The van der Waals surface area contributed by atoms with Crippen LogP contribution in [0.4, 0.5) is 4.39 Å². The number of nitrogens with zero attached hydrogens (tertiary/aromatic N) is 1. The standard InChI is InChI=1S/C17H14FNOS/c1-21-17-14(10-20)16(11-6-8-12(18)9-7-11)13-4-2-3-5-15(13)19-17/h2-9,20H,10H2,1H3. The summed E-state index contributed by atoms with van der Waals surface area (Å²) in [5.41, 5.74) is 3.47. The summed E-state index contributed by atoms with van der Waals surface area (Å²) in [5, 5.41) is 11.5. The largest absolute Gasteiger partial charge is 0.392 e. The number of pyridine rings is 1. The van der Waals surface area contributed by atoms with Gasteiger partial charge in [0.1, 0.15) is 10.8 Å². The first-order valence-corrected chi connectivity index (χ1v) is 7.79. The summed E-state index contributed by atoms with van der Waals surface area (Å²) in [5.74, 6) is -0.271. The van der Waals surface area contributed by atoms with Crippen LogP contribution in [0.1, 0.15) is 5.56 Å². The molecule has 0 saturated heterocycles. The Balaban J connectivity index is 2.39. The summed E-state index contributed by atoms with van der Waals surface area (Å²) in [6, 6.07) is 14.1. The summed E-state index contributed by atoms with van der Waals surface area (Å²) < 4.78 is 13.2. The Kier molecular flexibility index (Phi) is 3.90. The molecule has 0 amide bonds.